The predicted octanol–water partition coefficient (Wildman–Crippen LogP) is 2.94. The van der Waals surface area contributed by atoms with Gasteiger partial charge in [0.15, 0.2) is 16.0 Å². The molecule has 0 saturated heterocycles. The second-order valence-corrected chi connectivity index (χ2v) is 7.21. The fourth-order valence-electron chi connectivity index (χ4n) is 2.12. The van der Waals surface area contributed by atoms with Gasteiger partial charge >= 0.3 is 5.97 Å². The third kappa shape index (κ3) is 4.92. The number of carbonyl (C=O) groups excluding carboxylic acids is 2. The number of rotatable bonds is 7. The van der Waals surface area contributed by atoms with Crippen molar-refractivity contribution in [2.75, 3.05) is 17.7 Å². The van der Waals surface area contributed by atoms with Crippen molar-refractivity contribution in [1.29, 1.82) is 0 Å². The molecule has 140 valence electrons. The van der Waals surface area contributed by atoms with Crippen LogP contribution >= 0.6 is 23.1 Å². The van der Waals surface area contributed by atoms with Gasteiger partial charge < -0.3 is 10.1 Å². The number of ether oxygens (including phenoxy) is 1. The molecule has 1 N–H and O–H groups in total. The third-order valence-electron chi connectivity index (χ3n) is 3.40. The van der Waals surface area contributed by atoms with Crippen LogP contribution in [0.4, 0.5) is 5.13 Å². The first-order valence-electron chi connectivity index (χ1n) is 8.09. The molecule has 2 aromatic heterocycles. The number of anilines is 1. The molecule has 0 bridgehead atoms. The van der Waals surface area contributed by atoms with Gasteiger partial charge in [-0.05, 0) is 26.0 Å². The van der Waals surface area contributed by atoms with Crippen molar-refractivity contribution < 1.29 is 14.3 Å². The highest BCUT2D eigenvalue weighted by Gasteiger charge is 2.14. The predicted molar refractivity (Wildman–Crippen MR) is 104 cm³/mol. The van der Waals surface area contributed by atoms with E-state index in [0.29, 0.717) is 10.3 Å². The Morgan fingerprint density at radius 2 is 2.07 bits per heavy atom. The van der Waals surface area contributed by atoms with Crippen molar-refractivity contribution in [1.82, 2.24) is 19.7 Å². The molecule has 1 amide bonds. The monoisotopic (exact) mass is 403 g/mol. The molecule has 10 heteroatoms. The second-order valence-electron chi connectivity index (χ2n) is 5.41. The van der Waals surface area contributed by atoms with E-state index >= 15 is 0 Å². The fourth-order valence-corrected chi connectivity index (χ4v) is 3.55. The van der Waals surface area contributed by atoms with Gasteiger partial charge in [-0.1, -0.05) is 29.5 Å². The average molecular weight is 403 g/mol. The molecule has 0 atom stereocenters. The van der Waals surface area contributed by atoms with E-state index in [1.165, 1.54) is 23.1 Å². The van der Waals surface area contributed by atoms with Crippen LogP contribution in [-0.2, 0) is 9.53 Å². The fraction of sp³-hybridized carbons (Fsp3) is 0.235. The molecule has 2 heterocycles. The first-order chi connectivity index (χ1) is 13.1. The van der Waals surface area contributed by atoms with Crippen LogP contribution in [0.15, 0.2) is 41.1 Å². The number of nitrogens with zero attached hydrogens (tertiary/aromatic N) is 4. The molecule has 3 aromatic rings. The summed E-state index contributed by atoms with van der Waals surface area (Å²) in [5.41, 5.74) is 2.27. The lowest BCUT2D eigenvalue weighted by atomic mass is 10.2. The molecular formula is C17H17N5O3S2. The van der Waals surface area contributed by atoms with E-state index in [1.54, 1.807) is 18.6 Å². The SMILES string of the molecule is CCOC(=O)c1csc(NC(=O)CSc2nncn2-c2ccc(C)cc2)n1. The summed E-state index contributed by atoms with van der Waals surface area (Å²) in [5, 5.41) is 13.2. The number of aromatic nitrogens is 4. The number of nitrogens with one attached hydrogen (secondary N) is 1. The molecule has 0 aliphatic carbocycles. The highest BCUT2D eigenvalue weighted by Crippen LogP contribution is 2.21. The minimum atomic E-state index is -0.505. The van der Waals surface area contributed by atoms with Gasteiger partial charge in [0.25, 0.3) is 0 Å². The zero-order valence-corrected chi connectivity index (χ0v) is 16.3. The standard InChI is InChI=1S/C17H17N5O3S2/c1-3-25-15(24)13-8-26-16(19-13)20-14(23)9-27-17-21-18-10-22(17)12-6-4-11(2)5-7-12/h4-8,10H,3,9H2,1-2H3,(H,19,20,23). The number of carbonyl (C=O) groups is 2. The van der Waals surface area contributed by atoms with E-state index < -0.39 is 5.97 Å². The molecule has 0 aliphatic heterocycles. The molecule has 0 saturated carbocycles. The van der Waals surface area contributed by atoms with Crippen LogP contribution in [0.25, 0.3) is 5.69 Å². The van der Waals surface area contributed by atoms with E-state index in [4.69, 9.17) is 4.74 Å². The Balaban J connectivity index is 1.58. The molecule has 0 unspecified atom stereocenters. The Morgan fingerprint density at radius 1 is 1.30 bits per heavy atom. The summed E-state index contributed by atoms with van der Waals surface area (Å²) in [6.07, 6.45) is 1.61. The van der Waals surface area contributed by atoms with Gasteiger partial charge in [0.05, 0.1) is 12.4 Å². The van der Waals surface area contributed by atoms with Gasteiger partial charge in [-0.3, -0.25) is 9.36 Å². The molecule has 0 radical (unpaired) electrons. The van der Waals surface area contributed by atoms with Gasteiger partial charge in [0.1, 0.15) is 6.33 Å². The minimum Gasteiger partial charge on any atom is -0.461 e. The molecule has 3 rings (SSSR count). The number of aryl methyl sites for hydroxylation is 1. The Bertz CT molecular complexity index is 936. The Morgan fingerprint density at radius 3 is 2.81 bits per heavy atom. The Kier molecular flexibility index (Phi) is 6.20. The maximum Gasteiger partial charge on any atom is 0.357 e. The van der Waals surface area contributed by atoms with Crippen molar-refractivity contribution in [2.45, 2.75) is 19.0 Å². The number of benzene rings is 1. The van der Waals surface area contributed by atoms with E-state index in [0.717, 1.165) is 11.3 Å². The molecule has 27 heavy (non-hydrogen) atoms. The molecule has 8 nitrogen and oxygen atoms in total. The average Bonchev–Trinajstić information content (AvgIpc) is 3.30. The van der Waals surface area contributed by atoms with Crippen LogP contribution < -0.4 is 5.32 Å². The summed E-state index contributed by atoms with van der Waals surface area (Å²) in [5.74, 6) is -0.614. The number of amides is 1. The highest BCUT2D eigenvalue weighted by atomic mass is 32.2. The van der Waals surface area contributed by atoms with Crippen molar-refractivity contribution in [3.63, 3.8) is 0 Å². The Hall–Kier alpha value is -2.72. The molecule has 0 fully saturated rings. The van der Waals surface area contributed by atoms with Crippen molar-refractivity contribution >= 4 is 40.1 Å². The summed E-state index contributed by atoms with van der Waals surface area (Å²) in [6, 6.07) is 7.94. The first-order valence-corrected chi connectivity index (χ1v) is 9.95. The molecule has 1 aromatic carbocycles. The lowest BCUT2D eigenvalue weighted by Gasteiger charge is -2.06. The summed E-state index contributed by atoms with van der Waals surface area (Å²) < 4.78 is 6.69. The number of thiazole rings is 1. The van der Waals surface area contributed by atoms with Crippen LogP contribution in [-0.4, -0.2) is 44.0 Å². The maximum absolute atomic E-state index is 12.2. The van der Waals surface area contributed by atoms with Crippen LogP contribution in [0.1, 0.15) is 23.0 Å². The number of hydrogen-bond acceptors (Lipinski definition) is 8. The van der Waals surface area contributed by atoms with Gasteiger partial charge in [0.2, 0.25) is 5.91 Å². The normalized spacial score (nSPS) is 10.6. The van der Waals surface area contributed by atoms with Crippen molar-refractivity contribution in [3.05, 3.63) is 47.2 Å². The van der Waals surface area contributed by atoms with Gasteiger partial charge in [-0.2, -0.15) is 0 Å². The summed E-state index contributed by atoms with van der Waals surface area (Å²) >= 11 is 2.43. The van der Waals surface area contributed by atoms with Gasteiger partial charge in [-0.25, -0.2) is 9.78 Å². The molecule has 0 spiro atoms. The summed E-state index contributed by atoms with van der Waals surface area (Å²) in [7, 11) is 0. The topological polar surface area (TPSA) is 99.0 Å². The molecule has 0 aliphatic rings. The van der Waals surface area contributed by atoms with Crippen LogP contribution in [0, 0.1) is 6.92 Å². The zero-order chi connectivity index (χ0) is 19.2. The van der Waals surface area contributed by atoms with E-state index in [1.807, 2.05) is 35.8 Å². The minimum absolute atomic E-state index is 0.138. The van der Waals surface area contributed by atoms with Gasteiger partial charge in [-0.15, -0.1) is 21.5 Å². The van der Waals surface area contributed by atoms with E-state index in [2.05, 4.69) is 20.5 Å². The summed E-state index contributed by atoms with van der Waals surface area (Å²) in [6.45, 7) is 4.01. The van der Waals surface area contributed by atoms with E-state index in [9.17, 15) is 9.59 Å². The zero-order valence-electron chi connectivity index (χ0n) is 14.7. The van der Waals surface area contributed by atoms with Crippen LogP contribution in [0.3, 0.4) is 0 Å². The van der Waals surface area contributed by atoms with Crippen LogP contribution in [0.5, 0.6) is 0 Å². The number of hydrogen-bond donors (Lipinski definition) is 1. The Labute approximate surface area is 164 Å². The number of thioether (sulfide) groups is 1. The quantitative estimate of drug-likeness (QED) is 0.478. The summed E-state index contributed by atoms with van der Waals surface area (Å²) in [4.78, 5) is 27.8. The van der Waals surface area contributed by atoms with Crippen molar-refractivity contribution in [2.24, 2.45) is 0 Å². The van der Waals surface area contributed by atoms with E-state index in [-0.39, 0.29) is 24.0 Å². The lowest BCUT2D eigenvalue weighted by Crippen LogP contribution is -2.15. The number of esters is 1. The smallest absolute Gasteiger partial charge is 0.357 e. The maximum atomic E-state index is 12.2. The molecular weight excluding hydrogens is 386 g/mol. The van der Waals surface area contributed by atoms with Crippen LogP contribution in [0.2, 0.25) is 0 Å². The largest absolute Gasteiger partial charge is 0.461 e. The second kappa shape index (κ2) is 8.78. The highest BCUT2D eigenvalue weighted by molar-refractivity contribution is 7.99. The van der Waals surface area contributed by atoms with Crippen molar-refractivity contribution in [3.8, 4) is 5.69 Å². The lowest BCUT2D eigenvalue weighted by molar-refractivity contribution is -0.113. The first kappa shape index (κ1) is 19.1. The third-order valence-corrected chi connectivity index (χ3v) is 5.10. The van der Waals surface area contributed by atoms with Gasteiger partial charge in [0, 0.05) is 11.1 Å².